The van der Waals surface area contributed by atoms with Crippen LogP contribution < -0.4 is 15.8 Å². The van der Waals surface area contributed by atoms with Crippen molar-refractivity contribution in [2.45, 2.75) is 20.4 Å². The zero-order valence-corrected chi connectivity index (χ0v) is 11.1. The van der Waals surface area contributed by atoms with Crippen molar-refractivity contribution in [3.05, 3.63) is 35.9 Å². The van der Waals surface area contributed by atoms with E-state index in [9.17, 15) is 0 Å². The van der Waals surface area contributed by atoms with Crippen molar-refractivity contribution in [3.8, 4) is 5.88 Å². The van der Waals surface area contributed by atoms with E-state index in [1.54, 1.807) is 6.20 Å². The molecule has 2 aromatic heterocycles. The third-order valence-corrected chi connectivity index (χ3v) is 2.71. The molecule has 2 aromatic rings. The summed E-state index contributed by atoms with van der Waals surface area (Å²) in [6, 6.07) is 1.96. The van der Waals surface area contributed by atoms with E-state index in [4.69, 9.17) is 10.5 Å². The highest BCUT2D eigenvalue weighted by Crippen LogP contribution is 2.24. The van der Waals surface area contributed by atoms with Gasteiger partial charge in [0.2, 0.25) is 5.88 Å². The van der Waals surface area contributed by atoms with Gasteiger partial charge in [-0.25, -0.2) is 4.98 Å². The number of aromatic nitrogens is 3. The number of ether oxygens (including phenoxy) is 1. The van der Waals surface area contributed by atoms with Gasteiger partial charge in [0.05, 0.1) is 6.61 Å². The Morgan fingerprint density at radius 2 is 2.21 bits per heavy atom. The van der Waals surface area contributed by atoms with Gasteiger partial charge < -0.3 is 15.8 Å². The molecule has 0 saturated carbocycles. The van der Waals surface area contributed by atoms with Crippen molar-refractivity contribution in [1.82, 2.24) is 15.0 Å². The number of nitrogen functional groups attached to an aromatic ring is 1. The molecule has 0 radical (unpaired) electrons. The Morgan fingerprint density at radius 3 is 2.95 bits per heavy atom. The number of nitrogens with two attached hydrogens (primary N) is 1. The summed E-state index contributed by atoms with van der Waals surface area (Å²) in [5, 5.41) is 3.18. The summed E-state index contributed by atoms with van der Waals surface area (Å²) in [5.41, 5.74) is 8.64. The first-order valence-corrected chi connectivity index (χ1v) is 6.09. The van der Waals surface area contributed by atoms with Crippen molar-refractivity contribution in [1.29, 1.82) is 0 Å². The van der Waals surface area contributed by atoms with Gasteiger partial charge in [-0.3, -0.25) is 4.98 Å². The Hall–Kier alpha value is -2.37. The Kier molecular flexibility index (Phi) is 4.12. The standard InChI is InChI=1S/C13H17N5O/c1-3-19-13-11(14)12(17-8-18-13)16-7-10-4-5-15-6-9(10)2/h4-6,8H,3,7,14H2,1-2H3,(H,16,17,18). The van der Waals surface area contributed by atoms with Crippen LogP contribution in [0.2, 0.25) is 0 Å². The van der Waals surface area contributed by atoms with E-state index in [1.165, 1.54) is 6.33 Å². The molecule has 0 unspecified atom stereocenters. The highest BCUT2D eigenvalue weighted by molar-refractivity contribution is 5.66. The fraction of sp³-hybridized carbons (Fsp3) is 0.308. The molecular formula is C13H17N5O. The van der Waals surface area contributed by atoms with Crippen molar-refractivity contribution < 1.29 is 4.74 Å². The van der Waals surface area contributed by atoms with Gasteiger partial charge in [0.25, 0.3) is 0 Å². The van der Waals surface area contributed by atoms with Crippen molar-refractivity contribution in [2.75, 3.05) is 17.7 Å². The van der Waals surface area contributed by atoms with Gasteiger partial charge in [-0.1, -0.05) is 0 Å². The number of hydrogen-bond acceptors (Lipinski definition) is 6. The quantitative estimate of drug-likeness (QED) is 0.851. The van der Waals surface area contributed by atoms with Crippen LogP contribution in [0, 0.1) is 6.92 Å². The molecule has 0 aromatic carbocycles. The molecule has 0 spiro atoms. The lowest BCUT2D eigenvalue weighted by Gasteiger charge is -2.11. The predicted octanol–water partition coefficient (Wildman–Crippen LogP) is 1.77. The van der Waals surface area contributed by atoms with Gasteiger partial charge in [-0.2, -0.15) is 4.98 Å². The van der Waals surface area contributed by atoms with E-state index in [2.05, 4.69) is 20.3 Å². The van der Waals surface area contributed by atoms with E-state index >= 15 is 0 Å². The number of aryl methyl sites for hydroxylation is 1. The first-order valence-electron chi connectivity index (χ1n) is 6.09. The van der Waals surface area contributed by atoms with E-state index in [1.807, 2.05) is 26.1 Å². The van der Waals surface area contributed by atoms with E-state index < -0.39 is 0 Å². The second kappa shape index (κ2) is 5.99. The summed E-state index contributed by atoms with van der Waals surface area (Å²) in [5.74, 6) is 0.987. The molecule has 0 atom stereocenters. The molecule has 0 saturated heterocycles. The lowest BCUT2D eigenvalue weighted by atomic mass is 10.1. The minimum atomic E-state index is 0.409. The van der Waals surface area contributed by atoms with Gasteiger partial charge in [0.1, 0.15) is 12.0 Å². The third-order valence-electron chi connectivity index (χ3n) is 2.71. The van der Waals surface area contributed by atoms with Crippen LogP contribution in [0.5, 0.6) is 5.88 Å². The van der Waals surface area contributed by atoms with Crippen LogP contribution in [0.15, 0.2) is 24.8 Å². The highest BCUT2D eigenvalue weighted by atomic mass is 16.5. The van der Waals surface area contributed by atoms with Crippen LogP contribution >= 0.6 is 0 Å². The van der Waals surface area contributed by atoms with Crippen molar-refractivity contribution in [2.24, 2.45) is 0 Å². The average Bonchev–Trinajstić information content (AvgIpc) is 2.42. The molecule has 100 valence electrons. The van der Waals surface area contributed by atoms with Crippen LogP contribution in [0.25, 0.3) is 0 Å². The fourth-order valence-corrected chi connectivity index (χ4v) is 1.65. The molecule has 0 aliphatic carbocycles. The van der Waals surface area contributed by atoms with Gasteiger partial charge >= 0.3 is 0 Å². The zero-order valence-electron chi connectivity index (χ0n) is 11.1. The highest BCUT2D eigenvalue weighted by Gasteiger charge is 2.08. The molecule has 3 N–H and O–H groups in total. The predicted molar refractivity (Wildman–Crippen MR) is 73.9 cm³/mol. The Labute approximate surface area is 112 Å². The SMILES string of the molecule is CCOc1ncnc(NCc2ccncc2C)c1N. The number of nitrogens with one attached hydrogen (secondary N) is 1. The smallest absolute Gasteiger partial charge is 0.242 e. The van der Waals surface area contributed by atoms with Crippen LogP contribution in [0.1, 0.15) is 18.1 Å². The van der Waals surface area contributed by atoms with Crippen LogP contribution in [-0.4, -0.2) is 21.6 Å². The van der Waals surface area contributed by atoms with E-state index in [0.29, 0.717) is 30.5 Å². The summed E-state index contributed by atoms with van der Waals surface area (Å²) in [6.45, 7) is 5.04. The van der Waals surface area contributed by atoms with E-state index in [-0.39, 0.29) is 0 Å². The van der Waals surface area contributed by atoms with Crippen LogP contribution in [0.4, 0.5) is 11.5 Å². The number of rotatable bonds is 5. The molecule has 0 aliphatic rings. The third kappa shape index (κ3) is 3.09. The molecule has 0 bridgehead atoms. The molecule has 6 heteroatoms. The number of hydrogen-bond donors (Lipinski definition) is 2. The minimum Gasteiger partial charge on any atom is -0.476 e. The second-order valence-corrected chi connectivity index (χ2v) is 4.03. The van der Waals surface area contributed by atoms with Gasteiger partial charge in [0.15, 0.2) is 5.82 Å². The Bertz CT molecular complexity index is 558. The van der Waals surface area contributed by atoms with Gasteiger partial charge in [0, 0.05) is 18.9 Å². The molecule has 0 aliphatic heterocycles. The number of anilines is 2. The maximum absolute atomic E-state index is 5.95. The van der Waals surface area contributed by atoms with Gasteiger partial charge in [-0.05, 0) is 31.0 Å². The Morgan fingerprint density at radius 1 is 1.37 bits per heavy atom. The molecule has 0 amide bonds. The maximum atomic E-state index is 5.95. The Balaban J connectivity index is 2.12. The monoisotopic (exact) mass is 259 g/mol. The van der Waals surface area contributed by atoms with Crippen molar-refractivity contribution >= 4 is 11.5 Å². The van der Waals surface area contributed by atoms with Crippen molar-refractivity contribution in [3.63, 3.8) is 0 Å². The first-order chi connectivity index (χ1) is 9.22. The summed E-state index contributed by atoms with van der Waals surface area (Å²) in [6.07, 6.45) is 5.02. The van der Waals surface area contributed by atoms with Crippen LogP contribution in [-0.2, 0) is 6.54 Å². The first kappa shape index (κ1) is 13.1. The molecule has 19 heavy (non-hydrogen) atoms. The lowest BCUT2D eigenvalue weighted by Crippen LogP contribution is -2.08. The molecule has 6 nitrogen and oxygen atoms in total. The summed E-state index contributed by atoms with van der Waals surface area (Å²) >= 11 is 0. The molecule has 2 heterocycles. The number of nitrogens with zero attached hydrogens (tertiary/aromatic N) is 3. The average molecular weight is 259 g/mol. The lowest BCUT2D eigenvalue weighted by molar-refractivity contribution is 0.328. The summed E-state index contributed by atoms with van der Waals surface area (Å²) in [7, 11) is 0. The number of pyridine rings is 1. The fourth-order valence-electron chi connectivity index (χ4n) is 1.65. The zero-order chi connectivity index (χ0) is 13.7. The topological polar surface area (TPSA) is 86.0 Å². The molecule has 2 rings (SSSR count). The van der Waals surface area contributed by atoms with Crippen LogP contribution in [0.3, 0.4) is 0 Å². The molecular weight excluding hydrogens is 242 g/mol. The second-order valence-electron chi connectivity index (χ2n) is 4.03. The summed E-state index contributed by atoms with van der Waals surface area (Å²) < 4.78 is 5.33. The van der Waals surface area contributed by atoms with Gasteiger partial charge in [-0.15, -0.1) is 0 Å². The minimum absolute atomic E-state index is 0.409. The maximum Gasteiger partial charge on any atom is 0.242 e. The summed E-state index contributed by atoms with van der Waals surface area (Å²) in [4.78, 5) is 12.2. The largest absolute Gasteiger partial charge is 0.476 e. The van der Waals surface area contributed by atoms with E-state index in [0.717, 1.165) is 11.1 Å². The molecule has 0 fully saturated rings. The normalized spacial score (nSPS) is 10.2.